The van der Waals surface area contributed by atoms with Crippen molar-refractivity contribution >= 4 is 6.47 Å². The van der Waals surface area contributed by atoms with E-state index < -0.39 is 0 Å². The Morgan fingerprint density at radius 2 is 2.17 bits per heavy atom. The van der Waals surface area contributed by atoms with E-state index in [1.54, 1.807) is 25.4 Å². The van der Waals surface area contributed by atoms with Gasteiger partial charge in [-0.3, -0.25) is 9.69 Å². The standard InChI is InChI=1S/C19H24FN3O3.CH2O2/c1-25-15-2-3-18(20)17(9-15)19-21-5-6-23(19)13-8-14-12-26-16(4-7-24)11-22(14)10-13;2-1-3/h2-3,5-6,9,13-14,16,24H,4,7-8,10-12H2,1H3;1H,(H,2,3)/t13-,14+,16+;/m1./s1. The number of benzene rings is 1. The highest BCUT2D eigenvalue weighted by atomic mass is 19.1. The number of carboxylic acid groups (broad SMARTS) is 1. The van der Waals surface area contributed by atoms with E-state index in [9.17, 15) is 4.39 Å². The van der Waals surface area contributed by atoms with E-state index in [4.69, 9.17) is 24.5 Å². The molecule has 9 heteroatoms. The molecule has 2 aliphatic rings. The number of aliphatic hydroxyl groups is 1. The van der Waals surface area contributed by atoms with Gasteiger partial charge < -0.3 is 24.3 Å². The maximum Gasteiger partial charge on any atom is 0.290 e. The van der Waals surface area contributed by atoms with Gasteiger partial charge in [0.1, 0.15) is 17.4 Å². The zero-order valence-electron chi connectivity index (χ0n) is 16.3. The van der Waals surface area contributed by atoms with Gasteiger partial charge in [0, 0.05) is 44.2 Å². The Bertz CT molecular complexity index is 815. The van der Waals surface area contributed by atoms with Crippen molar-refractivity contribution in [3.8, 4) is 17.1 Å². The number of aliphatic hydroxyl groups excluding tert-OH is 1. The first-order valence-electron chi connectivity index (χ1n) is 9.52. The predicted molar refractivity (Wildman–Crippen MR) is 103 cm³/mol. The van der Waals surface area contributed by atoms with Crippen LogP contribution < -0.4 is 4.74 Å². The number of hydrogen-bond donors (Lipinski definition) is 2. The molecule has 2 fully saturated rings. The van der Waals surface area contributed by atoms with Crippen LogP contribution in [-0.2, 0) is 9.53 Å². The molecule has 3 atom stereocenters. The molecule has 1 aromatic heterocycles. The van der Waals surface area contributed by atoms with Crippen LogP contribution in [0.4, 0.5) is 4.39 Å². The van der Waals surface area contributed by atoms with Gasteiger partial charge in [0.2, 0.25) is 0 Å². The van der Waals surface area contributed by atoms with Crippen molar-refractivity contribution in [1.82, 2.24) is 14.5 Å². The summed E-state index contributed by atoms with van der Waals surface area (Å²) in [5.74, 6) is 0.930. The SMILES string of the molecule is COc1ccc(F)c(-c2nccn2[C@@H]2C[C@H]3CO[C@@H](CCO)CN3C2)c1.O=CO. The molecule has 2 saturated heterocycles. The summed E-state index contributed by atoms with van der Waals surface area (Å²) in [6, 6.07) is 5.30. The molecule has 0 amide bonds. The number of morpholine rings is 1. The molecule has 0 saturated carbocycles. The quantitative estimate of drug-likeness (QED) is 0.730. The van der Waals surface area contributed by atoms with Crippen molar-refractivity contribution in [2.24, 2.45) is 0 Å². The monoisotopic (exact) mass is 407 g/mol. The third-order valence-corrected chi connectivity index (χ3v) is 5.40. The molecule has 1 aromatic carbocycles. The molecular formula is C20H26FN3O5. The van der Waals surface area contributed by atoms with E-state index in [2.05, 4.69) is 14.5 Å². The van der Waals surface area contributed by atoms with Crippen molar-refractivity contribution < 1.29 is 28.9 Å². The highest BCUT2D eigenvalue weighted by Crippen LogP contribution is 2.35. The Morgan fingerprint density at radius 1 is 1.38 bits per heavy atom. The Morgan fingerprint density at radius 3 is 2.90 bits per heavy atom. The third kappa shape index (κ3) is 4.75. The smallest absolute Gasteiger partial charge is 0.290 e. The number of halogens is 1. The molecular weight excluding hydrogens is 381 g/mol. The first-order valence-corrected chi connectivity index (χ1v) is 9.52. The maximum atomic E-state index is 14.4. The van der Waals surface area contributed by atoms with Gasteiger partial charge in [0.25, 0.3) is 6.47 Å². The second-order valence-corrected chi connectivity index (χ2v) is 7.07. The summed E-state index contributed by atoms with van der Waals surface area (Å²) in [5, 5.41) is 16.0. The Kier molecular flexibility index (Phi) is 7.18. The lowest BCUT2D eigenvalue weighted by Gasteiger charge is -2.34. The average Bonchev–Trinajstić information content (AvgIpc) is 3.35. The molecule has 158 valence electrons. The molecule has 0 bridgehead atoms. The Balaban J connectivity index is 0.000000755. The van der Waals surface area contributed by atoms with Gasteiger partial charge in [0.05, 0.1) is 25.4 Å². The zero-order valence-corrected chi connectivity index (χ0v) is 16.3. The van der Waals surface area contributed by atoms with Gasteiger partial charge in [-0.15, -0.1) is 0 Å². The van der Waals surface area contributed by atoms with Crippen molar-refractivity contribution in [2.45, 2.75) is 31.0 Å². The number of nitrogens with zero attached hydrogens (tertiary/aromatic N) is 3. The summed E-state index contributed by atoms with van der Waals surface area (Å²) in [7, 11) is 1.57. The maximum absolute atomic E-state index is 14.4. The van der Waals surface area contributed by atoms with Crippen molar-refractivity contribution in [3.05, 3.63) is 36.4 Å². The van der Waals surface area contributed by atoms with Crippen LogP contribution >= 0.6 is 0 Å². The number of imidazole rings is 1. The second-order valence-electron chi connectivity index (χ2n) is 7.07. The Labute approximate surface area is 168 Å². The molecule has 8 nitrogen and oxygen atoms in total. The fourth-order valence-electron chi connectivity index (χ4n) is 4.06. The van der Waals surface area contributed by atoms with E-state index in [-0.39, 0.29) is 31.0 Å². The molecule has 3 heterocycles. The number of fused-ring (bicyclic) bond motifs is 1. The van der Waals surface area contributed by atoms with Crippen molar-refractivity contribution in [2.75, 3.05) is 33.4 Å². The van der Waals surface area contributed by atoms with Crippen LogP contribution in [0.1, 0.15) is 18.9 Å². The summed E-state index contributed by atoms with van der Waals surface area (Å²) < 4.78 is 27.6. The van der Waals surface area contributed by atoms with Gasteiger partial charge in [-0.25, -0.2) is 9.37 Å². The molecule has 4 rings (SSSR count). The van der Waals surface area contributed by atoms with Crippen LogP contribution in [-0.4, -0.2) is 76.7 Å². The topological polar surface area (TPSA) is 97.1 Å². The Hall–Kier alpha value is -2.49. The van der Waals surface area contributed by atoms with Crippen molar-refractivity contribution in [3.63, 3.8) is 0 Å². The number of rotatable bonds is 5. The van der Waals surface area contributed by atoms with Gasteiger partial charge in [-0.1, -0.05) is 0 Å². The van der Waals surface area contributed by atoms with E-state index in [1.165, 1.54) is 6.07 Å². The minimum atomic E-state index is -0.305. The highest BCUT2D eigenvalue weighted by molar-refractivity contribution is 5.59. The second kappa shape index (κ2) is 9.82. The molecule has 0 unspecified atom stereocenters. The molecule has 2 N–H and O–H groups in total. The number of methoxy groups -OCH3 is 1. The summed E-state index contributed by atoms with van der Waals surface area (Å²) >= 11 is 0. The lowest BCUT2D eigenvalue weighted by atomic mass is 10.1. The molecule has 0 spiro atoms. The van der Waals surface area contributed by atoms with Crippen LogP contribution in [0.15, 0.2) is 30.6 Å². The van der Waals surface area contributed by atoms with Crippen LogP contribution in [0.5, 0.6) is 5.75 Å². The lowest BCUT2D eigenvalue weighted by Crippen LogP contribution is -2.46. The minimum Gasteiger partial charge on any atom is -0.497 e. The number of carbonyl (C=O) groups is 1. The number of aromatic nitrogens is 2. The largest absolute Gasteiger partial charge is 0.497 e. The summed E-state index contributed by atoms with van der Waals surface area (Å²) in [6.07, 6.45) is 5.34. The van der Waals surface area contributed by atoms with E-state index in [0.29, 0.717) is 36.2 Å². The fourth-order valence-corrected chi connectivity index (χ4v) is 4.06. The van der Waals surface area contributed by atoms with Crippen molar-refractivity contribution in [1.29, 1.82) is 0 Å². The van der Waals surface area contributed by atoms with E-state index in [0.717, 1.165) is 19.5 Å². The molecule has 0 radical (unpaired) electrons. The zero-order chi connectivity index (χ0) is 20.8. The first kappa shape index (κ1) is 21.2. The van der Waals surface area contributed by atoms with Crippen LogP contribution in [0.25, 0.3) is 11.4 Å². The van der Waals surface area contributed by atoms with Crippen LogP contribution in [0, 0.1) is 5.82 Å². The predicted octanol–water partition coefficient (Wildman–Crippen LogP) is 1.80. The molecule has 2 aromatic rings. The average molecular weight is 407 g/mol. The fraction of sp³-hybridized carbons (Fsp3) is 0.500. The number of ether oxygens (including phenoxy) is 2. The summed E-state index contributed by atoms with van der Waals surface area (Å²) in [6.45, 7) is 2.29. The van der Waals surface area contributed by atoms with Gasteiger partial charge >= 0.3 is 0 Å². The van der Waals surface area contributed by atoms with Crippen LogP contribution in [0.2, 0.25) is 0 Å². The lowest BCUT2D eigenvalue weighted by molar-refractivity contribution is -0.122. The highest BCUT2D eigenvalue weighted by Gasteiger charge is 2.38. The normalized spacial score (nSPS) is 23.8. The molecule has 2 aliphatic heterocycles. The summed E-state index contributed by atoms with van der Waals surface area (Å²) in [5.41, 5.74) is 0.452. The molecule has 0 aliphatic carbocycles. The number of hydrogen-bond acceptors (Lipinski definition) is 6. The third-order valence-electron chi connectivity index (χ3n) is 5.40. The molecule has 29 heavy (non-hydrogen) atoms. The van der Waals surface area contributed by atoms with E-state index >= 15 is 0 Å². The minimum absolute atomic E-state index is 0.0908. The van der Waals surface area contributed by atoms with Gasteiger partial charge in [0.15, 0.2) is 0 Å². The first-order chi connectivity index (χ1) is 14.1. The van der Waals surface area contributed by atoms with Gasteiger partial charge in [-0.2, -0.15) is 0 Å². The van der Waals surface area contributed by atoms with E-state index in [1.807, 2.05) is 6.20 Å². The summed E-state index contributed by atoms with van der Waals surface area (Å²) in [4.78, 5) is 15.2. The van der Waals surface area contributed by atoms with Gasteiger partial charge in [-0.05, 0) is 31.0 Å². The van der Waals surface area contributed by atoms with Crippen LogP contribution in [0.3, 0.4) is 0 Å².